The zero-order chi connectivity index (χ0) is 43.6. The van der Waals surface area contributed by atoms with Gasteiger partial charge >= 0.3 is 11.9 Å². The maximum Gasteiger partial charge on any atom is 0.334 e. The van der Waals surface area contributed by atoms with Crippen LogP contribution >= 0.6 is 0 Å². The molecule has 0 saturated carbocycles. The Morgan fingerprint density at radius 1 is 0.807 bits per heavy atom. The van der Waals surface area contributed by atoms with Gasteiger partial charge in [-0.05, 0) is 62.3 Å². The van der Waals surface area contributed by atoms with E-state index in [1.54, 1.807) is 44.2 Å². The Hall–Kier alpha value is -4.75. The molecule has 320 valence electrons. The number of ether oxygens (including phenoxy) is 1. The first-order valence-corrected chi connectivity index (χ1v) is 20.2. The second-order valence-corrected chi connectivity index (χ2v) is 15.9. The number of allylic oxidation sites excluding steroid dienone is 1. The van der Waals surface area contributed by atoms with Crippen molar-refractivity contribution >= 4 is 41.5 Å². The molecule has 0 bridgehead atoms. The van der Waals surface area contributed by atoms with Crippen molar-refractivity contribution in [2.45, 2.75) is 138 Å². The zero-order valence-corrected chi connectivity index (χ0v) is 36.2. The fourth-order valence-corrected chi connectivity index (χ4v) is 6.52. The summed E-state index contributed by atoms with van der Waals surface area (Å²) in [4.78, 5) is 93.4. The van der Waals surface area contributed by atoms with Crippen LogP contribution in [0.3, 0.4) is 0 Å². The fourth-order valence-electron chi connectivity index (χ4n) is 6.52. The van der Waals surface area contributed by atoms with Gasteiger partial charge in [-0.2, -0.15) is 0 Å². The van der Waals surface area contributed by atoms with E-state index < -0.39 is 66.3 Å². The van der Waals surface area contributed by atoms with Gasteiger partial charge in [-0.3, -0.25) is 24.0 Å². The number of rotatable bonds is 24. The molecule has 0 fully saturated rings. The number of benzene rings is 1. The lowest BCUT2D eigenvalue weighted by Gasteiger charge is -2.33. The van der Waals surface area contributed by atoms with E-state index in [2.05, 4.69) is 36.7 Å². The van der Waals surface area contributed by atoms with Crippen molar-refractivity contribution in [3.63, 3.8) is 0 Å². The molecule has 0 aliphatic carbocycles. The number of nitrogens with one attached hydrogen (secondary N) is 3. The SMILES string of the molecule is CCC(C)[C@H](NC(=O)CN(C)C(=O)C(Cc1ccccc1)N(C)C(=O)[C@@H](C)NC(=O)[C@@H](CC(C)C)OC(=O)/C(C)=C/CC[C@H](C)[C@H](NC(C)=O)C(C)CC)C(=O)O. The Labute approximate surface area is 339 Å². The first kappa shape index (κ1) is 50.3. The molecule has 0 aliphatic heterocycles. The number of carboxylic acid groups (broad SMARTS) is 1. The molecule has 8 atom stereocenters. The van der Waals surface area contributed by atoms with Crippen molar-refractivity contribution in [1.82, 2.24) is 25.8 Å². The lowest BCUT2D eigenvalue weighted by Crippen LogP contribution is -2.56. The summed E-state index contributed by atoms with van der Waals surface area (Å²) in [6.45, 7) is 17.7. The monoisotopic (exact) mass is 800 g/mol. The quantitative estimate of drug-likeness (QED) is 0.0861. The highest BCUT2D eigenvalue weighted by atomic mass is 16.5. The molecule has 14 nitrogen and oxygen atoms in total. The second kappa shape index (κ2) is 24.8. The predicted octanol–water partition coefficient (Wildman–Crippen LogP) is 4.51. The third-order valence-corrected chi connectivity index (χ3v) is 10.5. The summed E-state index contributed by atoms with van der Waals surface area (Å²) >= 11 is 0. The van der Waals surface area contributed by atoms with Gasteiger partial charge < -0.3 is 35.6 Å². The van der Waals surface area contributed by atoms with E-state index in [1.165, 1.54) is 32.8 Å². The average molecular weight is 800 g/mol. The molecule has 57 heavy (non-hydrogen) atoms. The highest BCUT2D eigenvalue weighted by molar-refractivity contribution is 5.95. The van der Waals surface area contributed by atoms with Gasteiger partial charge in [0.05, 0.1) is 6.54 Å². The van der Waals surface area contributed by atoms with Gasteiger partial charge in [-0.25, -0.2) is 9.59 Å². The van der Waals surface area contributed by atoms with Gasteiger partial charge in [0.15, 0.2) is 6.10 Å². The summed E-state index contributed by atoms with van der Waals surface area (Å²) in [6.07, 6.45) is 3.61. The highest BCUT2D eigenvalue weighted by Crippen LogP contribution is 2.22. The molecule has 0 aromatic heterocycles. The van der Waals surface area contributed by atoms with Crippen LogP contribution in [0, 0.1) is 23.7 Å². The van der Waals surface area contributed by atoms with Gasteiger partial charge in [0, 0.05) is 39.1 Å². The van der Waals surface area contributed by atoms with Crippen molar-refractivity contribution in [3.8, 4) is 0 Å². The van der Waals surface area contributed by atoms with Crippen LogP contribution in [-0.2, 0) is 44.7 Å². The third kappa shape index (κ3) is 17.1. The molecule has 3 unspecified atom stereocenters. The number of aliphatic carboxylic acids is 1. The molecule has 1 aromatic rings. The number of hydrogen-bond donors (Lipinski definition) is 4. The molecule has 0 heterocycles. The molecule has 1 rings (SSSR count). The summed E-state index contributed by atoms with van der Waals surface area (Å²) in [7, 11) is 2.84. The van der Waals surface area contributed by atoms with Crippen LogP contribution < -0.4 is 16.0 Å². The van der Waals surface area contributed by atoms with Crippen molar-refractivity contribution < 1.29 is 43.4 Å². The topological polar surface area (TPSA) is 192 Å². The van der Waals surface area contributed by atoms with Crippen LogP contribution in [-0.4, -0.2) is 107 Å². The maximum absolute atomic E-state index is 13.9. The smallest absolute Gasteiger partial charge is 0.334 e. The molecule has 0 radical (unpaired) electrons. The average Bonchev–Trinajstić information content (AvgIpc) is 3.15. The van der Waals surface area contributed by atoms with Gasteiger partial charge in [-0.15, -0.1) is 0 Å². The number of likely N-dealkylation sites (N-methyl/N-ethyl adjacent to an activating group) is 2. The summed E-state index contributed by atoms with van der Waals surface area (Å²) in [6, 6.07) is 5.68. The van der Waals surface area contributed by atoms with E-state index in [4.69, 9.17) is 4.74 Å². The van der Waals surface area contributed by atoms with Gasteiger partial charge in [0.25, 0.3) is 5.91 Å². The molecule has 0 saturated heterocycles. The van der Waals surface area contributed by atoms with Gasteiger partial charge in [0.2, 0.25) is 23.6 Å². The Morgan fingerprint density at radius 2 is 1.40 bits per heavy atom. The lowest BCUT2D eigenvalue weighted by atomic mass is 9.86. The molecule has 0 spiro atoms. The number of amides is 5. The summed E-state index contributed by atoms with van der Waals surface area (Å²) < 4.78 is 5.70. The molecule has 1 aromatic carbocycles. The Kier molecular flexibility index (Phi) is 21.9. The number of esters is 1. The van der Waals surface area contributed by atoms with Crippen molar-refractivity contribution in [3.05, 3.63) is 47.5 Å². The normalized spacial score (nSPS) is 15.8. The van der Waals surface area contributed by atoms with E-state index in [1.807, 2.05) is 26.8 Å². The molecule has 5 amide bonds. The second-order valence-electron chi connectivity index (χ2n) is 15.9. The Bertz CT molecular complexity index is 1530. The van der Waals surface area contributed by atoms with E-state index in [9.17, 15) is 38.7 Å². The Balaban J connectivity index is 3.13. The van der Waals surface area contributed by atoms with E-state index >= 15 is 0 Å². The Morgan fingerprint density at radius 3 is 1.93 bits per heavy atom. The largest absolute Gasteiger partial charge is 0.480 e. The fraction of sp³-hybridized carbons (Fsp3) is 0.651. The first-order valence-electron chi connectivity index (χ1n) is 20.2. The number of hydrogen-bond acceptors (Lipinski definition) is 8. The minimum absolute atomic E-state index is 0.00284. The minimum atomic E-state index is -1.19. The number of nitrogens with zero attached hydrogens (tertiary/aromatic N) is 2. The lowest BCUT2D eigenvalue weighted by molar-refractivity contribution is -0.154. The molecule has 4 N–H and O–H groups in total. The summed E-state index contributed by atoms with van der Waals surface area (Å²) in [5.41, 5.74) is 1.09. The minimum Gasteiger partial charge on any atom is -0.480 e. The number of carbonyl (C=O) groups excluding carboxylic acids is 6. The van der Waals surface area contributed by atoms with Crippen molar-refractivity contribution in [2.75, 3.05) is 20.6 Å². The molecule has 14 heteroatoms. The van der Waals surface area contributed by atoms with Crippen LogP contribution in [0.15, 0.2) is 42.0 Å². The molecular formula is C43H69N5O9. The van der Waals surface area contributed by atoms with E-state index in [-0.39, 0.29) is 48.5 Å². The van der Waals surface area contributed by atoms with E-state index in [0.717, 1.165) is 23.3 Å². The van der Waals surface area contributed by atoms with Gasteiger partial charge in [-0.1, -0.05) is 97.7 Å². The van der Waals surface area contributed by atoms with Crippen LogP contribution in [0.2, 0.25) is 0 Å². The summed E-state index contributed by atoms with van der Waals surface area (Å²) in [5.74, 6) is -4.31. The number of carbonyl (C=O) groups is 7. The number of carboxylic acids is 1. The zero-order valence-electron chi connectivity index (χ0n) is 36.2. The maximum atomic E-state index is 13.9. The van der Waals surface area contributed by atoms with Crippen molar-refractivity contribution in [1.29, 1.82) is 0 Å². The molecular weight excluding hydrogens is 730 g/mol. The van der Waals surface area contributed by atoms with Crippen LogP contribution in [0.4, 0.5) is 0 Å². The summed E-state index contributed by atoms with van der Waals surface area (Å²) in [5, 5.41) is 17.8. The van der Waals surface area contributed by atoms with Crippen molar-refractivity contribution in [2.24, 2.45) is 23.7 Å². The first-order chi connectivity index (χ1) is 26.6. The third-order valence-electron chi connectivity index (χ3n) is 10.5. The predicted molar refractivity (Wildman–Crippen MR) is 220 cm³/mol. The highest BCUT2D eigenvalue weighted by Gasteiger charge is 2.35. The standard InChI is InChI=1S/C43H69N5O9/c1-13-27(5)37(45-32(10)49)29(7)19-18-20-30(8)43(56)57-35(23-26(3)4)39(51)44-31(9)40(52)48(12)34(24-33-21-16-15-17-22-33)41(53)47(11)25-36(50)46-38(42(54)55)28(6)14-2/h15-17,20-22,26-29,31,34-35,37-38H,13-14,18-19,23-25H2,1-12H3,(H,44,51)(H,45,49)(H,46,50)(H,54,55)/b30-20+/t27?,28?,29-,31+,34?,35+,37+,38-/m0/s1. The van der Waals surface area contributed by atoms with Crippen LogP contribution in [0.25, 0.3) is 0 Å². The van der Waals surface area contributed by atoms with Crippen LogP contribution in [0.5, 0.6) is 0 Å². The molecule has 0 aliphatic rings. The van der Waals surface area contributed by atoms with Gasteiger partial charge in [0.1, 0.15) is 18.1 Å². The van der Waals surface area contributed by atoms with Crippen LogP contribution in [0.1, 0.15) is 107 Å². The van der Waals surface area contributed by atoms with E-state index in [0.29, 0.717) is 18.4 Å².